The fourth-order valence-corrected chi connectivity index (χ4v) is 4.02. The molecule has 3 heterocycles. The van der Waals surface area contributed by atoms with Crippen molar-refractivity contribution < 1.29 is 0 Å². The van der Waals surface area contributed by atoms with Crippen LogP contribution >= 0.6 is 23.8 Å². The summed E-state index contributed by atoms with van der Waals surface area (Å²) in [5.41, 5.74) is 3.54. The SMILES string of the molecule is O=c1[nH]c(=S)n(Cc2ccc(Cl)cc2[C@@H]2CCCCN2)c2cc[nH]c12. The smallest absolute Gasteiger partial charge is 0.276 e. The molecule has 1 aromatic carbocycles. The first kappa shape index (κ1) is 16.6. The van der Waals surface area contributed by atoms with Crippen LogP contribution in [0.3, 0.4) is 0 Å². The van der Waals surface area contributed by atoms with Crippen molar-refractivity contribution in [2.45, 2.75) is 31.8 Å². The lowest BCUT2D eigenvalue weighted by Gasteiger charge is -2.26. The molecule has 0 amide bonds. The van der Waals surface area contributed by atoms with Gasteiger partial charge in [-0.1, -0.05) is 24.1 Å². The first-order valence-corrected chi connectivity index (χ1v) is 9.24. The van der Waals surface area contributed by atoms with Crippen LogP contribution in [0, 0.1) is 4.77 Å². The van der Waals surface area contributed by atoms with Gasteiger partial charge in [-0.15, -0.1) is 0 Å². The van der Waals surface area contributed by atoms with E-state index in [-0.39, 0.29) is 5.56 Å². The molecule has 25 heavy (non-hydrogen) atoms. The van der Waals surface area contributed by atoms with Crippen LogP contribution in [0.4, 0.5) is 0 Å². The van der Waals surface area contributed by atoms with Crippen molar-refractivity contribution in [1.82, 2.24) is 19.9 Å². The van der Waals surface area contributed by atoms with Gasteiger partial charge in [-0.3, -0.25) is 9.78 Å². The maximum Gasteiger partial charge on any atom is 0.276 e. The number of rotatable bonds is 3. The van der Waals surface area contributed by atoms with E-state index in [0.717, 1.165) is 29.1 Å². The minimum atomic E-state index is -0.188. The van der Waals surface area contributed by atoms with Gasteiger partial charge in [-0.2, -0.15) is 0 Å². The minimum Gasteiger partial charge on any atom is -0.355 e. The molecule has 0 saturated carbocycles. The van der Waals surface area contributed by atoms with Crippen LogP contribution in [0.25, 0.3) is 11.0 Å². The number of benzene rings is 1. The second-order valence-electron chi connectivity index (χ2n) is 6.43. The van der Waals surface area contributed by atoms with Gasteiger partial charge in [0.05, 0.1) is 12.1 Å². The standard InChI is InChI=1S/C18H19ClN4OS/c19-12-5-4-11(13(9-12)14-3-1-2-7-20-14)10-23-15-6-8-21-16(15)17(24)22-18(23)25/h4-6,8-9,14,20-21H,1-3,7,10H2,(H,22,24,25)/t14-/m0/s1. The molecular formula is C18H19ClN4OS. The van der Waals surface area contributed by atoms with E-state index in [4.69, 9.17) is 23.8 Å². The molecule has 2 aromatic heterocycles. The molecule has 3 N–H and O–H groups in total. The highest BCUT2D eigenvalue weighted by Gasteiger charge is 2.19. The largest absolute Gasteiger partial charge is 0.355 e. The summed E-state index contributed by atoms with van der Waals surface area (Å²) in [6.07, 6.45) is 5.28. The van der Waals surface area contributed by atoms with Crippen molar-refractivity contribution >= 4 is 34.9 Å². The van der Waals surface area contributed by atoms with Crippen LogP contribution in [0.2, 0.25) is 5.02 Å². The maximum atomic E-state index is 12.0. The van der Waals surface area contributed by atoms with E-state index >= 15 is 0 Å². The number of hydrogen-bond donors (Lipinski definition) is 3. The number of H-pyrrole nitrogens is 2. The number of nitrogens with zero attached hydrogens (tertiary/aromatic N) is 1. The molecule has 130 valence electrons. The van der Waals surface area contributed by atoms with Gasteiger partial charge in [0.25, 0.3) is 5.56 Å². The molecular weight excluding hydrogens is 356 g/mol. The van der Waals surface area contributed by atoms with Gasteiger partial charge in [-0.25, -0.2) is 0 Å². The Balaban J connectivity index is 1.80. The average molecular weight is 375 g/mol. The highest BCUT2D eigenvalue weighted by atomic mass is 35.5. The first-order chi connectivity index (χ1) is 12.1. The molecule has 0 spiro atoms. The molecule has 0 unspecified atom stereocenters. The summed E-state index contributed by atoms with van der Waals surface area (Å²) in [6, 6.07) is 8.20. The van der Waals surface area contributed by atoms with Crippen LogP contribution in [0.1, 0.15) is 36.4 Å². The summed E-state index contributed by atoms with van der Waals surface area (Å²) in [7, 11) is 0. The summed E-state index contributed by atoms with van der Waals surface area (Å²) < 4.78 is 2.38. The van der Waals surface area contributed by atoms with Crippen LogP contribution in [-0.4, -0.2) is 21.1 Å². The summed E-state index contributed by atoms with van der Waals surface area (Å²) in [6.45, 7) is 1.62. The van der Waals surface area contributed by atoms with Crippen molar-refractivity contribution in [3.8, 4) is 0 Å². The van der Waals surface area contributed by atoms with E-state index in [1.807, 2.05) is 22.8 Å². The molecule has 1 saturated heterocycles. The van der Waals surface area contributed by atoms with E-state index < -0.39 is 0 Å². The molecule has 1 fully saturated rings. The summed E-state index contributed by atoms with van der Waals surface area (Å²) >= 11 is 11.7. The molecule has 7 heteroatoms. The third kappa shape index (κ3) is 3.17. The zero-order valence-electron chi connectivity index (χ0n) is 13.6. The zero-order valence-corrected chi connectivity index (χ0v) is 15.2. The highest BCUT2D eigenvalue weighted by Crippen LogP contribution is 2.29. The Kier molecular flexibility index (Phi) is 4.50. The third-order valence-corrected chi connectivity index (χ3v) is 5.39. The van der Waals surface area contributed by atoms with Gasteiger partial charge in [0.15, 0.2) is 4.77 Å². The lowest BCUT2D eigenvalue weighted by Crippen LogP contribution is -2.28. The molecule has 0 aliphatic carbocycles. The first-order valence-electron chi connectivity index (χ1n) is 8.45. The molecule has 5 nitrogen and oxygen atoms in total. The Morgan fingerprint density at radius 3 is 2.96 bits per heavy atom. The fourth-order valence-electron chi connectivity index (χ4n) is 3.58. The van der Waals surface area contributed by atoms with E-state index in [2.05, 4.69) is 21.4 Å². The molecule has 1 aliphatic rings. The van der Waals surface area contributed by atoms with Crippen molar-refractivity contribution in [2.24, 2.45) is 0 Å². The molecule has 4 rings (SSSR count). The zero-order chi connectivity index (χ0) is 17.4. The lowest BCUT2D eigenvalue weighted by molar-refractivity contribution is 0.410. The summed E-state index contributed by atoms with van der Waals surface area (Å²) in [5, 5.41) is 4.33. The Labute approximate surface area is 155 Å². The Bertz CT molecular complexity index is 1030. The predicted octanol–water partition coefficient (Wildman–Crippen LogP) is 3.90. The number of hydrogen-bond acceptors (Lipinski definition) is 3. The van der Waals surface area contributed by atoms with E-state index in [1.54, 1.807) is 6.20 Å². The van der Waals surface area contributed by atoms with E-state index in [1.165, 1.54) is 18.4 Å². The number of aromatic amines is 2. The van der Waals surface area contributed by atoms with Gasteiger partial charge in [-0.05, 0) is 60.9 Å². The highest BCUT2D eigenvalue weighted by molar-refractivity contribution is 7.71. The molecule has 1 atom stereocenters. The fraction of sp³-hybridized carbons (Fsp3) is 0.333. The second kappa shape index (κ2) is 6.78. The Morgan fingerprint density at radius 1 is 1.28 bits per heavy atom. The molecule has 0 bridgehead atoms. The average Bonchev–Trinajstić information content (AvgIpc) is 3.10. The monoisotopic (exact) mass is 374 g/mol. The quantitative estimate of drug-likeness (QED) is 0.609. The predicted molar refractivity (Wildman–Crippen MR) is 103 cm³/mol. The van der Waals surface area contributed by atoms with Gasteiger partial charge in [0, 0.05) is 17.3 Å². The van der Waals surface area contributed by atoms with Gasteiger partial charge >= 0.3 is 0 Å². The minimum absolute atomic E-state index is 0.188. The van der Waals surface area contributed by atoms with E-state index in [0.29, 0.717) is 22.9 Å². The van der Waals surface area contributed by atoms with Crippen LogP contribution in [-0.2, 0) is 6.54 Å². The topological polar surface area (TPSA) is 65.6 Å². The number of aromatic nitrogens is 3. The van der Waals surface area contributed by atoms with E-state index in [9.17, 15) is 4.79 Å². The molecule has 1 aliphatic heterocycles. The summed E-state index contributed by atoms with van der Waals surface area (Å²) in [5.74, 6) is 0. The number of piperidine rings is 1. The Morgan fingerprint density at radius 2 is 2.16 bits per heavy atom. The number of nitrogens with one attached hydrogen (secondary N) is 3. The van der Waals surface area contributed by atoms with Gasteiger partial charge in [0.2, 0.25) is 0 Å². The maximum absolute atomic E-state index is 12.0. The Hall–Kier alpha value is -1.89. The van der Waals surface area contributed by atoms with Crippen molar-refractivity contribution in [1.29, 1.82) is 0 Å². The number of fused-ring (bicyclic) bond motifs is 1. The van der Waals surface area contributed by atoms with Crippen molar-refractivity contribution in [3.05, 3.63) is 61.7 Å². The van der Waals surface area contributed by atoms with Crippen molar-refractivity contribution in [3.63, 3.8) is 0 Å². The second-order valence-corrected chi connectivity index (χ2v) is 7.25. The van der Waals surface area contributed by atoms with Crippen LogP contribution < -0.4 is 10.9 Å². The normalized spacial score (nSPS) is 17.9. The van der Waals surface area contributed by atoms with Crippen LogP contribution in [0.5, 0.6) is 0 Å². The van der Waals surface area contributed by atoms with Gasteiger partial charge < -0.3 is 14.9 Å². The number of halogens is 1. The lowest BCUT2D eigenvalue weighted by atomic mass is 9.93. The third-order valence-electron chi connectivity index (χ3n) is 4.83. The van der Waals surface area contributed by atoms with Crippen LogP contribution in [0.15, 0.2) is 35.3 Å². The molecule has 0 radical (unpaired) electrons. The van der Waals surface area contributed by atoms with Gasteiger partial charge in [0.1, 0.15) is 5.52 Å². The molecule has 3 aromatic rings. The van der Waals surface area contributed by atoms with Crippen molar-refractivity contribution in [2.75, 3.05) is 6.54 Å². The summed E-state index contributed by atoms with van der Waals surface area (Å²) in [4.78, 5) is 17.8.